The van der Waals surface area contributed by atoms with Gasteiger partial charge in [0.2, 0.25) is 10.0 Å². The fraction of sp³-hybridized carbons (Fsp3) is 0.571. The second kappa shape index (κ2) is 6.75. The molecule has 118 valence electrons. The highest BCUT2D eigenvalue weighted by atomic mass is 79.9. The van der Waals surface area contributed by atoms with Crippen LogP contribution in [0.1, 0.15) is 19.4 Å². The highest BCUT2D eigenvalue weighted by Crippen LogP contribution is 2.27. The van der Waals surface area contributed by atoms with Crippen molar-refractivity contribution in [2.24, 2.45) is 0 Å². The normalized spacial score (nSPS) is 21.6. The van der Waals surface area contributed by atoms with Gasteiger partial charge in [-0.2, -0.15) is 4.31 Å². The number of hydrogen-bond acceptors (Lipinski definition) is 4. The van der Waals surface area contributed by atoms with Crippen LogP contribution in [-0.2, 0) is 16.6 Å². The second-order valence-corrected chi connectivity index (χ2v) is 8.02. The van der Waals surface area contributed by atoms with E-state index in [9.17, 15) is 8.42 Å². The number of rotatable bonds is 4. The van der Waals surface area contributed by atoms with Gasteiger partial charge in [-0.25, -0.2) is 8.42 Å². The average Bonchev–Trinajstić information content (AvgIpc) is 2.46. The minimum absolute atomic E-state index is 0.106. The van der Waals surface area contributed by atoms with Crippen LogP contribution >= 0.6 is 15.9 Å². The number of benzene rings is 1. The Morgan fingerprint density at radius 3 is 2.62 bits per heavy atom. The van der Waals surface area contributed by atoms with E-state index in [1.807, 2.05) is 0 Å². The van der Waals surface area contributed by atoms with Gasteiger partial charge in [-0.05, 0) is 47.1 Å². The molecule has 0 amide bonds. The Balaban J connectivity index is 2.27. The smallest absolute Gasteiger partial charge is 0.244 e. The molecule has 0 bridgehead atoms. The zero-order valence-corrected chi connectivity index (χ0v) is 14.7. The van der Waals surface area contributed by atoms with Crippen LogP contribution in [0.2, 0.25) is 0 Å². The minimum Gasteiger partial charge on any atom is -0.392 e. The van der Waals surface area contributed by atoms with Crippen molar-refractivity contribution in [2.75, 3.05) is 26.2 Å². The Labute approximate surface area is 134 Å². The van der Waals surface area contributed by atoms with Gasteiger partial charge in [0, 0.05) is 30.1 Å². The molecule has 1 aromatic carbocycles. The minimum atomic E-state index is -3.50. The molecule has 1 fully saturated rings. The van der Waals surface area contributed by atoms with Gasteiger partial charge in [0.1, 0.15) is 0 Å². The van der Waals surface area contributed by atoms with Crippen LogP contribution in [0.3, 0.4) is 0 Å². The zero-order chi connectivity index (χ0) is 15.6. The number of hydrogen-bond donors (Lipinski definition) is 1. The summed E-state index contributed by atoms with van der Waals surface area (Å²) in [6, 6.07) is 5.07. The number of halogens is 1. The van der Waals surface area contributed by atoms with Crippen molar-refractivity contribution in [1.29, 1.82) is 0 Å². The number of nitrogens with zero attached hydrogens (tertiary/aromatic N) is 2. The van der Waals surface area contributed by atoms with E-state index < -0.39 is 10.0 Å². The molecule has 0 aliphatic carbocycles. The van der Waals surface area contributed by atoms with E-state index >= 15 is 0 Å². The standard InChI is InChI=1S/C14H21BrN2O3S/c1-3-16-6-7-17(9-11(16)2)21(19,20)14-5-4-12(10-18)8-13(14)15/h4-5,8,11,18H,3,6-7,9-10H2,1-2H3. The lowest BCUT2D eigenvalue weighted by Gasteiger charge is -2.38. The lowest BCUT2D eigenvalue weighted by atomic mass is 10.2. The van der Waals surface area contributed by atoms with Crippen LogP contribution in [0.25, 0.3) is 0 Å². The van der Waals surface area contributed by atoms with Crippen molar-refractivity contribution in [3.8, 4) is 0 Å². The van der Waals surface area contributed by atoms with Gasteiger partial charge in [-0.3, -0.25) is 4.90 Å². The summed E-state index contributed by atoms with van der Waals surface area (Å²) in [5.74, 6) is 0. The van der Waals surface area contributed by atoms with Crippen LogP contribution in [0.15, 0.2) is 27.6 Å². The van der Waals surface area contributed by atoms with Gasteiger partial charge in [0.15, 0.2) is 0 Å². The van der Waals surface area contributed by atoms with E-state index in [4.69, 9.17) is 5.11 Å². The summed E-state index contributed by atoms with van der Waals surface area (Å²) >= 11 is 3.30. The fourth-order valence-electron chi connectivity index (χ4n) is 2.64. The van der Waals surface area contributed by atoms with Crippen LogP contribution in [0, 0.1) is 0 Å². The molecule has 1 N–H and O–H groups in total. The number of sulfonamides is 1. The topological polar surface area (TPSA) is 60.9 Å². The van der Waals surface area contributed by atoms with Crippen molar-refractivity contribution in [3.63, 3.8) is 0 Å². The van der Waals surface area contributed by atoms with Crippen LogP contribution in [0.5, 0.6) is 0 Å². The summed E-state index contributed by atoms with van der Waals surface area (Å²) in [5, 5.41) is 9.11. The van der Waals surface area contributed by atoms with E-state index in [1.165, 1.54) is 0 Å². The van der Waals surface area contributed by atoms with Crippen molar-refractivity contribution >= 4 is 26.0 Å². The van der Waals surface area contributed by atoms with Gasteiger partial charge < -0.3 is 5.11 Å². The summed E-state index contributed by atoms with van der Waals surface area (Å²) in [4.78, 5) is 2.53. The molecule has 7 heteroatoms. The number of likely N-dealkylation sites (N-methyl/N-ethyl adjacent to an activating group) is 1. The van der Waals surface area contributed by atoms with Crippen molar-refractivity contribution in [1.82, 2.24) is 9.21 Å². The monoisotopic (exact) mass is 376 g/mol. The maximum Gasteiger partial charge on any atom is 0.244 e. The van der Waals surface area contributed by atoms with Crippen LogP contribution < -0.4 is 0 Å². The average molecular weight is 377 g/mol. The molecule has 0 radical (unpaired) electrons. The van der Waals surface area contributed by atoms with Crippen molar-refractivity contribution < 1.29 is 13.5 Å². The Morgan fingerprint density at radius 2 is 2.10 bits per heavy atom. The second-order valence-electron chi connectivity index (χ2n) is 5.26. The third-order valence-corrected chi connectivity index (χ3v) is 6.77. The summed E-state index contributed by atoms with van der Waals surface area (Å²) in [7, 11) is -3.50. The number of aliphatic hydroxyl groups is 1. The molecule has 5 nitrogen and oxygen atoms in total. The van der Waals surface area contributed by atoms with Crippen molar-refractivity contribution in [3.05, 3.63) is 28.2 Å². The summed E-state index contributed by atoms with van der Waals surface area (Å²) in [6.07, 6.45) is 0. The Morgan fingerprint density at radius 1 is 1.38 bits per heavy atom. The number of aliphatic hydroxyl groups excluding tert-OH is 1. The quantitative estimate of drug-likeness (QED) is 0.867. The maximum absolute atomic E-state index is 12.8. The maximum atomic E-state index is 12.8. The van der Waals surface area contributed by atoms with Crippen LogP contribution in [0.4, 0.5) is 0 Å². The van der Waals surface area contributed by atoms with Crippen molar-refractivity contribution in [2.45, 2.75) is 31.4 Å². The first-order chi connectivity index (χ1) is 9.90. The first-order valence-corrected chi connectivity index (χ1v) is 9.27. The fourth-order valence-corrected chi connectivity index (χ4v) is 5.24. The molecule has 1 aliphatic heterocycles. The highest BCUT2D eigenvalue weighted by molar-refractivity contribution is 9.10. The largest absolute Gasteiger partial charge is 0.392 e. The molecule has 1 saturated heterocycles. The molecule has 21 heavy (non-hydrogen) atoms. The lowest BCUT2D eigenvalue weighted by Crippen LogP contribution is -2.53. The van der Waals surface area contributed by atoms with Gasteiger partial charge >= 0.3 is 0 Å². The molecule has 1 aliphatic rings. The van der Waals surface area contributed by atoms with Crippen LogP contribution in [-0.4, -0.2) is 55.0 Å². The molecule has 1 unspecified atom stereocenters. The molecular formula is C14H21BrN2O3S. The molecule has 0 spiro atoms. The van der Waals surface area contributed by atoms with E-state index in [-0.39, 0.29) is 17.5 Å². The zero-order valence-electron chi connectivity index (χ0n) is 12.3. The van der Waals surface area contributed by atoms with E-state index in [0.29, 0.717) is 23.1 Å². The molecule has 2 rings (SSSR count). The highest BCUT2D eigenvalue weighted by Gasteiger charge is 2.32. The first kappa shape index (κ1) is 16.9. The first-order valence-electron chi connectivity index (χ1n) is 7.03. The third-order valence-electron chi connectivity index (χ3n) is 3.93. The van der Waals surface area contributed by atoms with E-state index in [1.54, 1.807) is 22.5 Å². The summed E-state index contributed by atoms with van der Waals surface area (Å²) in [6.45, 7) is 6.73. The molecule has 1 atom stereocenters. The Bertz CT molecular complexity index is 606. The third kappa shape index (κ3) is 3.48. The molecule has 1 aromatic rings. The summed E-state index contributed by atoms with van der Waals surface area (Å²) < 4.78 is 27.6. The Kier molecular flexibility index (Phi) is 5.43. The molecule has 1 heterocycles. The SMILES string of the molecule is CCN1CCN(S(=O)(=O)c2ccc(CO)cc2Br)CC1C. The van der Waals surface area contributed by atoms with Gasteiger partial charge in [0.25, 0.3) is 0 Å². The Hall–Kier alpha value is -0.470. The number of piperazine rings is 1. The van der Waals surface area contributed by atoms with Gasteiger partial charge in [-0.1, -0.05) is 13.0 Å². The molecular weight excluding hydrogens is 356 g/mol. The van der Waals surface area contributed by atoms with Gasteiger partial charge in [0.05, 0.1) is 11.5 Å². The molecule has 0 saturated carbocycles. The van der Waals surface area contributed by atoms with Gasteiger partial charge in [-0.15, -0.1) is 0 Å². The predicted molar refractivity (Wildman–Crippen MR) is 85.5 cm³/mol. The van der Waals surface area contributed by atoms with E-state index in [2.05, 4.69) is 34.7 Å². The molecule has 0 aromatic heterocycles. The van der Waals surface area contributed by atoms with E-state index in [0.717, 1.165) is 13.1 Å². The summed E-state index contributed by atoms with van der Waals surface area (Å²) in [5.41, 5.74) is 0.685. The predicted octanol–water partition coefficient (Wildman–Crippen LogP) is 1.66. The lowest BCUT2D eigenvalue weighted by molar-refractivity contribution is 0.135.